The van der Waals surface area contributed by atoms with Gasteiger partial charge in [0.1, 0.15) is 49.1 Å². The minimum Gasteiger partial charge on any atom is -0.445 e. The molecular weight excluding hydrogens is 1730 g/mol. The van der Waals surface area contributed by atoms with Crippen molar-refractivity contribution in [2.45, 2.75) is 97.3 Å². The van der Waals surface area contributed by atoms with Crippen LogP contribution in [0, 0.1) is 32.4 Å². The molecule has 12 heterocycles. The van der Waals surface area contributed by atoms with E-state index in [0.29, 0.717) is 88.8 Å². The van der Waals surface area contributed by atoms with Gasteiger partial charge in [0.05, 0.1) is 67.6 Å². The van der Waals surface area contributed by atoms with Gasteiger partial charge >= 0.3 is 0 Å². The van der Waals surface area contributed by atoms with E-state index in [2.05, 4.69) is 78.6 Å². The van der Waals surface area contributed by atoms with Crippen molar-refractivity contribution >= 4 is 63.0 Å². The number of rotatable bonds is 19. The average Bonchev–Trinajstić information content (AvgIpc) is 1.66. The summed E-state index contributed by atoms with van der Waals surface area (Å²) in [5.74, 6) is 1.81. The van der Waals surface area contributed by atoms with E-state index >= 15 is 0 Å². The number of benzene rings is 10. The molecule has 4 aliphatic heterocycles. The van der Waals surface area contributed by atoms with Crippen LogP contribution in [0.4, 0.5) is 14.8 Å². The van der Waals surface area contributed by atoms with E-state index in [1.54, 1.807) is 40.3 Å². The van der Waals surface area contributed by atoms with Crippen molar-refractivity contribution < 1.29 is 41.3 Å². The third-order valence-electron chi connectivity index (χ3n) is 25.5. The van der Waals surface area contributed by atoms with Crippen molar-refractivity contribution in [2.75, 3.05) is 70.3 Å². The second-order valence-electron chi connectivity index (χ2n) is 34.4. The number of hydrogen-bond acceptors (Lipinski definition) is 17. The highest BCUT2D eigenvalue weighted by atomic mass is 32.1. The summed E-state index contributed by atoms with van der Waals surface area (Å²) >= 11 is 1.70. The SMILES string of the molecule is Cc1nc(C2CCN(C(=O)Cn3nc(-c4ccccc4)cc3-c3ccccc3)CC2)oc1C.Cc1nc2c(s1)CCN(C(=O)Cn1nc(-c3ccc(F)cc3)cc1-c1ccc(F)cc1)CC2.O=C(Cn1nc(-c2ccccc2)cc1-c1ccccc1)N1CCC(c2noc3ccccc23)CC1.O=C(Cn1nc(-c2ccccc2)cc1-c1ccccc1)N1CCN(c2nc3ccccc3o2)CC1. The van der Waals surface area contributed by atoms with Crippen LogP contribution in [0.3, 0.4) is 0 Å². The minimum absolute atomic E-state index is 0.0287. The molecular formula is C109H101F2N17O7S. The van der Waals surface area contributed by atoms with Crippen LogP contribution >= 0.6 is 11.3 Å². The molecule has 22 rings (SSSR count). The lowest BCUT2D eigenvalue weighted by Crippen LogP contribution is -2.49. The van der Waals surface area contributed by atoms with Gasteiger partial charge in [0.2, 0.25) is 23.6 Å². The summed E-state index contributed by atoms with van der Waals surface area (Å²) in [6, 6.07) is 97.1. The molecule has 18 aromatic rings. The Hall–Kier alpha value is -15.6. The largest absolute Gasteiger partial charge is 0.445 e. The fourth-order valence-corrected chi connectivity index (χ4v) is 19.0. The molecule has 136 heavy (non-hydrogen) atoms. The van der Waals surface area contributed by atoms with E-state index in [1.807, 2.05) is 261 Å². The first-order chi connectivity index (χ1) is 66.5. The quantitative estimate of drug-likeness (QED) is 0.0730. The maximum Gasteiger partial charge on any atom is 0.298 e. The summed E-state index contributed by atoms with van der Waals surface area (Å²) in [5, 5.41) is 25.6. The highest BCUT2D eigenvalue weighted by Gasteiger charge is 2.33. The van der Waals surface area contributed by atoms with Crippen molar-refractivity contribution in [3.05, 3.63) is 354 Å². The lowest BCUT2D eigenvalue weighted by Gasteiger charge is -2.33. The number of piperazine rings is 1. The maximum absolute atomic E-state index is 13.5. The fourth-order valence-electron chi connectivity index (χ4n) is 18.0. The van der Waals surface area contributed by atoms with Crippen LogP contribution in [-0.2, 0) is 58.2 Å². The number of carbonyl (C=O) groups is 4. The number of piperidine rings is 2. The molecule has 0 atom stereocenters. The van der Waals surface area contributed by atoms with Gasteiger partial charge in [-0.25, -0.2) is 18.7 Å². The number of fused-ring (bicyclic) bond motifs is 3. The molecule has 0 saturated carbocycles. The molecule has 0 aliphatic carbocycles. The van der Waals surface area contributed by atoms with Crippen molar-refractivity contribution in [3.8, 4) is 90.1 Å². The highest BCUT2D eigenvalue weighted by molar-refractivity contribution is 7.11. The summed E-state index contributed by atoms with van der Waals surface area (Å²) in [5.41, 5.74) is 20.0. The fraction of sp³-hybridized carbons (Fsp3) is 0.229. The monoisotopic (exact) mass is 1830 g/mol. The molecule has 0 spiro atoms. The Balaban J connectivity index is 0.000000116. The zero-order valence-electron chi connectivity index (χ0n) is 75.8. The molecule has 684 valence electrons. The number of para-hydroxylation sites is 3. The number of thiazole rings is 1. The number of aryl methyl sites for hydroxylation is 3. The van der Waals surface area contributed by atoms with E-state index in [9.17, 15) is 28.0 Å². The molecule has 0 radical (unpaired) electrons. The van der Waals surface area contributed by atoms with E-state index < -0.39 is 0 Å². The summed E-state index contributed by atoms with van der Waals surface area (Å²) in [6.07, 6.45) is 5.04. The van der Waals surface area contributed by atoms with E-state index in [0.717, 1.165) is 173 Å². The molecule has 0 unspecified atom stereocenters. The number of amides is 4. The van der Waals surface area contributed by atoms with E-state index in [4.69, 9.17) is 28.7 Å². The standard InChI is InChI=1S/C29H26N4O2.C28H25N5O2.C27H28N4O2.C25H22F2N4OS/c34-28(32-17-15-23(16-18-32)29-24-13-7-8-14-27(24)35-31-29)20-33-26(22-11-5-2-6-12-22)19-25(30-33)21-9-3-1-4-10-21;34-27(31-15-17-32(18-16-31)28-29-23-13-7-8-14-26(23)35-28)20-33-25(22-11-5-2-6-12-22)19-24(30-33)21-9-3-1-4-10-21;1-19-20(2)33-27(28-19)23-13-15-30(16-14-23)26(32)18-31-25(22-11-7-4-8-12-22)17-24(29-31)21-9-5-3-6-10-21;1-16-28-21-10-12-30(13-11-24(21)33-16)25(32)15-31-23(18-4-8-20(27)9-5-18)14-22(29-31)17-2-6-19(26)7-3-17/h1-14,19,23H,15-18,20H2;1-14,19H,15-18,20H2;3-12,17,23H,13-16,18H2,1-2H3;2-9,14H,10-13,15H2,1H3. The number of carbonyl (C=O) groups excluding carboxylic acids is 4. The summed E-state index contributed by atoms with van der Waals surface area (Å²) in [7, 11) is 0. The molecule has 4 amide bonds. The van der Waals surface area contributed by atoms with Crippen LogP contribution in [0.25, 0.3) is 112 Å². The Morgan fingerprint density at radius 3 is 1.15 bits per heavy atom. The number of oxazole rings is 2. The molecule has 3 fully saturated rings. The maximum atomic E-state index is 13.5. The Kier molecular flexibility index (Phi) is 27.2. The first-order valence-electron chi connectivity index (χ1n) is 46.2. The van der Waals surface area contributed by atoms with Crippen LogP contribution in [0.15, 0.2) is 317 Å². The zero-order valence-corrected chi connectivity index (χ0v) is 76.6. The van der Waals surface area contributed by atoms with Gasteiger partial charge in [0, 0.05) is 128 Å². The number of hydrogen-bond donors (Lipinski definition) is 0. The number of anilines is 1. The molecule has 24 nitrogen and oxygen atoms in total. The van der Waals surface area contributed by atoms with Gasteiger partial charge < -0.3 is 37.9 Å². The molecule has 0 bridgehead atoms. The Morgan fingerprint density at radius 1 is 0.360 bits per heavy atom. The van der Waals surface area contributed by atoms with Crippen molar-refractivity contribution in [3.63, 3.8) is 0 Å². The molecule has 27 heteroatoms. The van der Waals surface area contributed by atoms with Crippen molar-refractivity contribution in [1.82, 2.24) is 78.8 Å². The first-order valence-corrected chi connectivity index (χ1v) is 47.0. The van der Waals surface area contributed by atoms with Gasteiger partial charge in [-0.15, -0.1) is 11.3 Å². The van der Waals surface area contributed by atoms with E-state index in [-0.39, 0.29) is 67.4 Å². The predicted molar refractivity (Wildman–Crippen MR) is 523 cm³/mol. The number of likely N-dealkylation sites (tertiary alicyclic amines) is 2. The normalized spacial score (nSPS) is 14.1. The summed E-state index contributed by atoms with van der Waals surface area (Å²) in [6.45, 7) is 13.3. The third-order valence-corrected chi connectivity index (χ3v) is 26.6. The molecule has 10 aromatic carbocycles. The van der Waals surface area contributed by atoms with Crippen molar-refractivity contribution in [1.29, 1.82) is 0 Å². The van der Waals surface area contributed by atoms with Crippen LogP contribution < -0.4 is 4.90 Å². The molecule has 3 saturated heterocycles. The van der Waals surface area contributed by atoms with Gasteiger partial charge in [0.15, 0.2) is 17.1 Å². The zero-order chi connectivity index (χ0) is 93.0. The number of nitrogens with zero attached hydrogens (tertiary/aromatic N) is 17. The molecule has 4 aliphatic rings. The van der Waals surface area contributed by atoms with Crippen LogP contribution in [0.5, 0.6) is 0 Å². The Labute approximate surface area is 789 Å². The molecule has 0 N–H and O–H groups in total. The van der Waals surface area contributed by atoms with Crippen LogP contribution in [-0.4, -0.2) is 168 Å². The summed E-state index contributed by atoms with van der Waals surface area (Å²) < 4.78 is 51.3. The lowest BCUT2D eigenvalue weighted by molar-refractivity contribution is -0.133. The average molecular weight is 1830 g/mol. The van der Waals surface area contributed by atoms with Crippen LogP contribution in [0.1, 0.15) is 76.1 Å². The summed E-state index contributed by atoms with van der Waals surface area (Å²) in [4.78, 5) is 77.8. The topological polar surface area (TPSA) is 247 Å². The highest BCUT2D eigenvalue weighted by Crippen LogP contribution is 2.38. The Morgan fingerprint density at radius 2 is 0.721 bits per heavy atom. The van der Waals surface area contributed by atoms with Gasteiger partial charge in [-0.1, -0.05) is 211 Å². The lowest BCUT2D eigenvalue weighted by atomic mass is 9.91. The van der Waals surface area contributed by atoms with Gasteiger partial charge in [0.25, 0.3) is 6.01 Å². The Bertz CT molecular complexity index is 7050. The second kappa shape index (κ2) is 41.2. The first kappa shape index (κ1) is 89.6. The number of halogens is 2. The number of aromatic nitrogens is 12. The van der Waals surface area contributed by atoms with Gasteiger partial charge in [-0.05, 0) is 160 Å². The molecule has 8 aromatic heterocycles. The van der Waals surface area contributed by atoms with Gasteiger partial charge in [-0.3, -0.25) is 37.9 Å². The second-order valence-corrected chi connectivity index (χ2v) is 35.7. The van der Waals surface area contributed by atoms with Crippen molar-refractivity contribution in [2.24, 2.45) is 0 Å². The minimum atomic E-state index is -0.333. The van der Waals surface area contributed by atoms with Crippen LogP contribution in [0.2, 0.25) is 0 Å². The smallest absolute Gasteiger partial charge is 0.298 e. The van der Waals surface area contributed by atoms with Gasteiger partial charge in [-0.2, -0.15) is 25.4 Å². The third kappa shape index (κ3) is 20.9. The van der Waals surface area contributed by atoms with E-state index in [1.165, 1.54) is 29.1 Å². The predicted octanol–water partition coefficient (Wildman–Crippen LogP) is 20.6.